The van der Waals surface area contributed by atoms with Gasteiger partial charge in [-0.3, -0.25) is 0 Å². The number of rotatable bonds is 6. The maximum atomic E-state index is 12.3. The van der Waals surface area contributed by atoms with Crippen LogP contribution in [0, 0.1) is 12.8 Å². The highest BCUT2D eigenvalue weighted by atomic mass is 79.9. The summed E-state index contributed by atoms with van der Waals surface area (Å²) < 4.78 is 28.0. The standard InChI is InChI=1S/C13H21BrN2O2S/c1-9(2)4-12(8-15)16-19(17,18)13-6-10(3)5-11(14)7-13/h5-7,9,12,16H,4,8,15H2,1-3H3. The molecule has 0 aromatic heterocycles. The third-order valence-electron chi connectivity index (χ3n) is 2.69. The smallest absolute Gasteiger partial charge is 0.240 e. The molecule has 1 aromatic rings. The van der Waals surface area contributed by atoms with Gasteiger partial charge in [0.1, 0.15) is 0 Å². The summed E-state index contributed by atoms with van der Waals surface area (Å²) in [7, 11) is -3.52. The minimum Gasteiger partial charge on any atom is -0.329 e. The van der Waals surface area contributed by atoms with Crippen LogP contribution in [0.2, 0.25) is 0 Å². The zero-order valence-corrected chi connectivity index (χ0v) is 13.9. The molecule has 0 aliphatic heterocycles. The second-order valence-corrected chi connectivity index (χ2v) is 7.78. The minimum absolute atomic E-state index is 0.232. The van der Waals surface area contributed by atoms with E-state index >= 15 is 0 Å². The molecule has 0 fully saturated rings. The molecular formula is C13H21BrN2O2S. The fourth-order valence-corrected chi connectivity index (χ4v) is 4.06. The van der Waals surface area contributed by atoms with Gasteiger partial charge in [0.05, 0.1) is 4.90 Å². The average molecular weight is 349 g/mol. The first-order valence-corrected chi connectivity index (χ1v) is 8.52. The van der Waals surface area contributed by atoms with Gasteiger partial charge in [-0.1, -0.05) is 29.8 Å². The van der Waals surface area contributed by atoms with Crippen LogP contribution in [0.25, 0.3) is 0 Å². The molecule has 19 heavy (non-hydrogen) atoms. The van der Waals surface area contributed by atoms with Crippen molar-refractivity contribution in [2.75, 3.05) is 6.54 Å². The van der Waals surface area contributed by atoms with Crippen LogP contribution in [-0.4, -0.2) is 21.0 Å². The molecule has 6 heteroatoms. The highest BCUT2D eigenvalue weighted by molar-refractivity contribution is 9.10. The molecule has 4 nitrogen and oxygen atoms in total. The van der Waals surface area contributed by atoms with Gasteiger partial charge in [-0.2, -0.15) is 0 Å². The Labute approximate surface area is 124 Å². The second kappa shape index (κ2) is 6.83. The largest absolute Gasteiger partial charge is 0.329 e. The van der Waals surface area contributed by atoms with Gasteiger partial charge in [-0.25, -0.2) is 13.1 Å². The first-order valence-electron chi connectivity index (χ1n) is 6.24. The van der Waals surface area contributed by atoms with E-state index in [0.29, 0.717) is 12.5 Å². The topological polar surface area (TPSA) is 72.2 Å². The van der Waals surface area contributed by atoms with Crippen molar-refractivity contribution in [1.29, 1.82) is 0 Å². The lowest BCUT2D eigenvalue weighted by molar-refractivity contribution is 0.465. The van der Waals surface area contributed by atoms with Crippen LogP contribution in [0.5, 0.6) is 0 Å². The van der Waals surface area contributed by atoms with Crippen molar-refractivity contribution in [3.8, 4) is 0 Å². The van der Waals surface area contributed by atoms with E-state index in [0.717, 1.165) is 16.5 Å². The van der Waals surface area contributed by atoms with Gasteiger partial charge in [-0.15, -0.1) is 0 Å². The molecular weight excluding hydrogens is 328 g/mol. The molecule has 108 valence electrons. The maximum Gasteiger partial charge on any atom is 0.240 e. The molecule has 0 saturated carbocycles. The Hall–Kier alpha value is -0.430. The van der Waals surface area contributed by atoms with Crippen LogP contribution < -0.4 is 10.5 Å². The SMILES string of the molecule is Cc1cc(Br)cc(S(=O)(=O)NC(CN)CC(C)C)c1. The van der Waals surface area contributed by atoms with Crippen molar-refractivity contribution in [2.24, 2.45) is 11.7 Å². The monoisotopic (exact) mass is 348 g/mol. The Bertz CT molecular complexity index is 509. The highest BCUT2D eigenvalue weighted by Gasteiger charge is 2.20. The molecule has 1 aromatic carbocycles. The number of hydrogen-bond donors (Lipinski definition) is 2. The minimum atomic E-state index is -3.52. The van der Waals surface area contributed by atoms with Crippen molar-refractivity contribution in [2.45, 2.75) is 38.1 Å². The summed E-state index contributed by atoms with van der Waals surface area (Å²) in [6.45, 7) is 6.24. The third-order valence-corrected chi connectivity index (χ3v) is 4.65. The van der Waals surface area contributed by atoms with E-state index in [-0.39, 0.29) is 10.9 Å². The zero-order valence-electron chi connectivity index (χ0n) is 11.5. The summed E-state index contributed by atoms with van der Waals surface area (Å²) in [5, 5.41) is 0. The van der Waals surface area contributed by atoms with Crippen molar-refractivity contribution in [3.63, 3.8) is 0 Å². The molecule has 1 unspecified atom stereocenters. The average Bonchev–Trinajstić information content (AvgIpc) is 2.25. The van der Waals surface area contributed by atoms with E-state index < -0.39 is 10.0 Å². The van der Waals surface area contributed by atoms with Crippen LogP contribution in [0.4, 0.5) is 0 Å². The molecule has 0 saturated heterocycles. The van der Waals surface area contributed by atoms with Gasteiger partial charge in [0.25, 0.3) is 0 Å². The molecule has 0 amide bonds. The maximum absolute atomic E-state index is 12.3. The number of hydrogen-bond acceptors (Lipinski definition) is 3. The molecule has 0 bridgehead atoms. The Morgan fingerprint density at radius 1 is 1.32 bits per heavy atom. The molecule has 3 N–H and O–H groups in total. The van der Waals surface area contributed by atoms with E-state index in [9.17, 15) is 8.42 Å². The molecule has 0 radical (unpaired) electrons. The van der Waals surface area contributed by atoms with Crippen LogP contribution in [0.15, 0.2) is 27.6 Å². The third kappa shape index (κ3) is 5.22. The van der Waals surface area contributed by atoms with Gasteiger partial charge in [-0.05, 0) is 43.0 Å². The van der Waals surface area contributed by atoms with Crippen molar-refractivity contribution < 1.29 is 8.42 Å². The summed E-state index contributed by atoms with van der Waals surface area (Å²) in [6.07, 6.45) is 0.725. The quantitative estimate of drug-likeness (QED) is 0.828. The van der Waals surface area contributed by atoms with Crippen LogP contribution >= 0.6 is 15.9 Å². The number of halogens is 1. The Morgan fingerprint density at radius 3 is 2.42 bits per heavy atom. The van der Waals surface area contributed by atoms with E-state index in [1.165, 1.54) is 0 Å². The Balaban J connectivity index is 2.96. The predicted octanol–water partition coefficient (Wildman–Crippen LogP) is 2.41. The molecule has 1 atom stereocenters. The summed E-state index contributed by atoms with van der Waals surface area (Å²) in [5.41, 5.74) is 6.52. The van der Waals surface area contributed by atoms with Gasteiger partial charge < -0.3 is 5.73 Å². The lowest BCUT2D eigenvalue weighted by Crippen LogP contribution is -2.41. The molecule has 0 heterocycles. The van der Waals surface area contributed by atoms with Crippen molar-refractivity contribution in [3.05, 3.63) is 28.2 Å². The molecule has 0 spiro atoms. The van der Waals surface area contributed by atoms with Crippen molar-refractivity contribution in [1.82, 2.24) is 4.72 Å². The van der Waals surface area contributed by atoms with Gasteiger partial charge >= 0.3 is 0 Å². The molecule has 0 aliphatic carbocycles. The normalized spacial score (nSPS) is 13.8. The van der Waals surface area contributed by atoms with Gasteiger partial charge in [0.15, 0.2) is 0 Å². The van der Waals surface area contributed by atoms with E-state index in [2.05, 4.69) is 20.7 Å². The van der Waals surface area contributed by atoms with E-state index in [1.807, 2.05) is 26.8 Å². The zero-order chi connectivity index (χ0) is 14.6. The highest BCUT2D eigenvalue weighted by Crippen LogP contribution is 2.19. The van der Waals surface area contributed by atoms with E-state index in [1.54, 1.807) is 12.1 Å². The van der Waals surface area contributed by atoms with Crippen LogP contribution in [0.1, 0.15) is 25.8 Å². The summed E-state index contributed by atoms with van der Waals surface area (Å²) in [5.74, 6) is 0.389. The van der Waals surface area contributed by atoms with Crippen molar-refractivity contribution >= 4 is 26.0 Å². The number of sulfonamides is 1. The van der Waals surface area contributed by atoms with Gasteiger partial charge in [0, 0.05) is 17.1 Å². The lowest BCUT2D eigenvalue weighted by atomic mass is 10.1. The summed E-state index contributed by atoms with van der Waals surface area (Å²) in [6, 6.07) is 4.88. The fraction of sp³-hybridized carbons (Fsp3) is 0.538. The number of nitrogens with one attached hydrogen (secondary N) is 1. The number of benzene rings is 1. The summed E-state index contributed by atoms with van der Waals surface area (Å²) in [4.78, 5) is 0.265. The fourth-order valence-electron chi connectivity index (χ4n) is 1.91. The summed E-state index contributed by atoms with van der Waals surface area (Å²) >= 11 is 3.31. The Morgan fingerprint density at radius 2 is 1.95 bits per heavy atom. The van der Waals surface area contributed by atoms with E-state index in [4.69, 9.17) is 5.73 Å². The second-order valence-electron chi connectivity index (χ2n) is 5.15. The first-order chi connectivity index (χ1) is 8.74. The van der Waals surface area contributed by atoms with Crippen LogP contribution in [-0.2, 0) is 10.0 Å². The Kier molecular flexibility index (Phi) is 5.98. The van der Waals surface area contributed by atoms with Crippen LogP contribution in [0.3, 0.4) is 0 Å². The molecule has 0 aliphatic rings. The predicted molar refractivity (Wildman–Crippen MR) is 81.5 cm³/mol. The van der Waals surface area contributed by atoms with Gasteiger partial charge in [0.2, 0.25) is 10.0 Å². The number of aryl methyl sites for hydroxylation is 1. The number of nitrogens with two attached hydrogens (primary N) is 1. The first kappa shape index (κ1) is 16.6. The lowest BCUT2D eigenvalue weighted by Gasteiger charge is -2.19. The molecule has 1 rings (SSSR count).